The van der Waals surface area contributed by atoms with Crippen LogP contribution in [0.4, 0.5) is 11.4 Å². The van der Waals surface area contributed by atoms with Gasteiger partial charge in [-0.05, 0) is 124 Å². The van der Waals surface area contributed by atoms with Gasteiger partial charge in [-0.3, -0.25) is 34.2 Å². The predicted molar refractivity (Wildman–Crippen MR) is 297 cm³/mol. The van der Waals surface area contributed by atoms with Crippen LogP contribution in [0.2, 0.25) is 0 Å². The minimum Gasteiger partial charge on any atom is -0.385 e. The van der Waals surface area contributed by atoms with Crippen molar-refractivity contribution in [3.05, 3.63) is 82.0 Å². The van der Waals surface area contributed by atoms with Crippen molar-refractivity contribution in [3.63, 3.8) is 0 Å². The molecular formula is C61H81N5O14. The number of imide groups is 1. The minimum atomic E-state index is -1.30. The number of hydrogen-bond acceptors (Lipinski definition) is 16. The van der Waals surface area contributed by atoms with Gasteiger partial charge in [0.1, 0.15) is 18.2 Å². The van der Waals surface area contributed by atoms with Crippen LogP contribution in [0.15, 0.2) is 65.3 Å². The van der Waals surface area contributed by atoms with Crippen LogP contribution in [0.1, 0.15) is 111 Å². The Morgan fingerprint density at radius 2 is 1.48 bits per heavy atom. The average Bonchev–Trinajstić information content (AvgIpc) is 3.89. The standard InChI is InChI=1S/C61H81N5O14/c1-3-20-61-21-19-50-47-15-11-43-38-45(67)14-16-46(43)55(47)49(39-60(50,61)41-80-61)42-9-12-44(13-10-42)65(2)24-27-75-30-33-77-34-35-78-36-37-79-40-54(69)63-23-6-26-74-29-32-76-31-28-73-25-5-22-62-51-8-4-7-48-56(51)59(72)66(58(48)71)52-17-18-53(68)64-57(52)70/h4,7-10,12-13,38,47,49-50,52,59,62,72H,5-6,11,14-19,21-37,39-41H2,1-2H3,(H,63,69)(H,64,68,70)/t47-,49+,50-,52?,59?,60+,61-/m0/s1. The summed E-state index contributed by atoms with van der Waals surface area (Å²) in [6, 6.07) is 13.3. The summed E-state index contributed by atoms with van der Waals surface area (Å²) < 4.78 is 45.9. The van der Waals surface area contributed by atoms with Crippen molar-refractivity contribution >= 4 is 40.8 Å². The smallest absolute Gasteiger partial charge is 0.257 e. The number of carbonyl (C=O) groups is 5. The number of nitrogens with one attached hydrogen (secondary N) is 3. The first-order valence-corrected chi connectivity index (χ1v) is 28.9. The van der Waals surface area contributed by atoms with Crippen LogP contribution in [0.3, 0.4) is 0 Å². The van der Waals surface area contributed by atoms with Crippen LogP contribution >= 0.6 is 0 Å². The second-order valence-electron chi connectivity index (χ2n) is 21.8. The van der Waals surface area contributed by atoms with E-state index in [9.17, 15) is 29.1 Å². The molecule has 7 atom stereocenters. The molecule has 2 saturated heterocycles. The highest BCUT2D eigenvalue weighted by Gasteiger charge is 2.71. The largest absolute Gasteiger partial charge is 0.385 e. The fourth-order valence-corrected chi connectivity index (χ4v) is 13.2. The molecule has 0 aromatic heterocycles. The number of allylic oxidation sites excluding steroid dienone is 4. The van der Waals surface area contributed by atoms with E-state index in [-0.39, 0.29) is 48.1 Å². The van der Waals surface area contributed by atoms with Crippen LogP contribution < -0.4 is 20.9 Å². The summed E-state index contributed by atoms with van der Waals surface area (Å²) in [5.41, 5.74) is 8.00. The van der Waals surface area contributed by atoms with E-state index in [0.29, 0.717) is 153 Å². The zero-order chi connectivity index (χ0) is 55.9. The molecule has 3 heterocycles. The van der Waals surface area contributed by atoms with Crippen molar-refractivity contribution in [1.29, 1.82) is 0 Å². The Labute approximate surface area is 470 Å². The quantitative estimate of drug-likeness (QED) is 0.0422. The Hall–Kier alpha value is -5.53. The molecular weight excluding hydrogens is 1030 g/mol. The number of benzene rings is 2. The van der Waals surface area contributed by atoms with Crippen molar-refractivity contribution in [2.45, 2.75) is 101 Å². The Morgan fingerprint density at radius 3 is 2.15 bits per heavy atom. The van der Waals surface area contributed by atoms with Gasteiger partial charge in [-0.1, -0.05) is 29.7 Å². The molecule has 2 unspecified atom stereocenters. The van der Waals surface area contributed by atoms with Crippen molar-refractivity contribution in [3.8, 4) is 11.8 Å². The number of anilines is 2. The highest BCUT2D eigenvalue weighted by molar-refractivity contribution is 6.06. The van der Waals surface area contributed by atoms with Crippen LogP contribution in [0, 0.1) is 29.1 Å². The van der Waals surface area contributed by atoms with Gasteiger partial charge in [0, 0.05) is 86.6 Å². The molecule has 434 valence electrons. The molecule has 7 aliphatic rings. The highest BCUT2D eigenvalue weighted by atomic mass is 16.6. The first-order valence-electron chi connectivity index (χ1n) is 28.9. The van der Waals surface area contributed by atoms with E-state index in [4.69, 9.17) is 37.9 Å². The topological polar surface area (TPSA) is 222 Å². The molecule has 4 aliphatic carbocycles. The molecule has 80 heavy (non-hydrogen) atoms. The normalized spacial score (nSPS) is 25.6. The van der Waals surface area contributed by atoms with Gasteiger partial charge in [-0.15, -0.1) is 5.92 Å². The fraction of sp³-hybridized carbons (Fsp3) is 0.623. The van der Waals surface area contributed by atoms with Gasteiger partial charge in [0.05, 0.1) is 79.3 Å². The van der Waals surface area contributed by atoms with E-state index < -0.39 is 24.1 Å². The predicted octanol–water partition coefficient (Wildman–Crippen LogP) is 5.17. The number of carbonyl (C=O) groups excluding carboxylic acids is 5. The SMILES string of the molecule is CC#C[C@]12CC[C@H]3[C@@H]4CCC5=CC(=O)CCC5=C4[C@@H](c4ccc(N(C)CCOCCOCCOCCOCC(=O)NCCCOCCOCCOCCCNc5cccc6c5C(O)N(C5CCC(=O)NC5=O)C6=O)cc4)C[C@@]31CO2. The molecule has 9 rings (SSSR count). The van der Waals surface area contributed by atoms with Gasteiger partial charge in [-0.2, -0.15) is 0 Å². The van der Waals surface area contributed by atoms with E-state index >= 15 is 0 Å². The summed E-state index contributed by atoms with van der Waals surface area (Å²) >= 11 is 0. The first-order chi connectivity index (χ1) is 39.0. The fourth-order valence-electron chi connectivity index (χ4n) is 13.2. The van der Waals surface area contributed by atoms with Crippen LogP contribution in [0.5, 0.6) is 0 Å². The second-order valence-corrected chi connectivity index (χ2v) is 21.8. The third-order valence-corrected chi connectivity index (χ3v) is 17.1. The first kappa shape index (κ1) is 59.1. The van der Waals surface area contributed by atoms with Crippen molar-refractivity contribution in [2.24, 2.45) is 17.3 Å². The maximum Gasteiger partial charge on any atom is 0.257 e. The molecule has 4 fully saturated rings. The maximum absolute atomic E-state index is 13.1. The van der Waals surface area contributed by atoms with Gasteiger partial charge in [0.25, 0.3) is 5.91 Å². The van der Waals surface area contributed by atoms with Gasteiger partial charge in [0.15, 0.2) is 12.0 Å². The van der Waals surface area contributed by atoms with E-state index in [0.717, 1.165) is 55.8 Å². The van der Waals surface area contributed by atoms with E-state index in [1.54, 1.807) is 23.8 Å². The number of aliphatic hydroxyl groups excluding tert-OH is 1. The lowest BCUT2D eigenvalue weighted by Gasteiger charge is -2.61. The third-order valence-electron chi connectivity index (χ3n) is 17.1. The maximum atomic E-state index is 13.1. The lowest BCUT2D eigenvalue weighted by atomic mass is 9.49. The van der Waals surface area contributed by atoms with Crippen LogP contribution in [0.25, 0.3) is 0 Å². The molecule has 0 bridgehead atoms. The zero-order valence-electron chi connectivity index (χ0n) is 46.7. The molecule has 0 radical (unpaired) electrons. The molecule has 19 heteroatoms. The summed E-state index contributed by atoms with van der Waals surface area (Å²) in [5.74, 6) is 6.88. The second kappa shape index (κ2) is 28.4. The third kappa shape index (κ3) is 13.7. The number of aliphatic hydroxyl groups is 1. The number of nitrogens with zero attached hydrogens (tertiary/aromatic N) is 2. The summed E-state index contributed by atoms with van der Waals surface area (Å²) in [5, 5.41) is 19.4. The number of fused-ring (bicyclic) bond motifs is 4. The summed E-state index contributed by atoms with van der Waals surface area (Å²) in [6.07, 6.45) is 9.08. The minimum absolute atomic E-state index is 0.0458. The molecule has 2 saturated carbocycles. The molecule has 2 aromatic rings. The lowest BCUT2D eigenvalue weighted by molar-refractivity contribution is -0.245. The Bertz CT molecular complexity index is 2630. The Kier molecular flexibility index (Phi) is 21.0. The summed E-state index contributed by atoms with van der Waals surface area (Å²) in [7, 11) is 2.10. The summed E-state index contributed by atoms with van der Waals surface area (Å²) in [4.78, 5) is 65.1. The molecule has 3 aliphatic heterocycles. The number of ketones is 1. The molecule has 4 N–H and O–H groups in total. The van der Waals surface area contributed by atoms with E-state index in [1.807, 2.05) is 13.0 Å². The van der Waals surface area contributed by atoms with Crippen LogP contribution in [-0.4, -0.2) is 177 Å². The van der Waals surface area contributed by atoms with Crippen molar-refractivity contribution < 1.29 is 67.0 Å². The highest BCUT2D eigenvalue weighted by Crippen LogP contribution is 2.71. The number of likely N-dealkylation sites (N-methyl/N-ethyl adjacent to an activating group) is 1. The average molecular weight is 1110 g/mol. The number of piperidine rings is 1. The van der Waals surface area contributed by atoms with Gasteiger partial charge in [0.2, 0.25) is 17.7 Å². The van der Waals surface area contributed by atoms with Gasteiger partial charge < -0.3 is 58.5 Å². The number of amides is 4. The van der Waals surface area contributed by atoms with Crippen molar-refractivity contribution in [1.82, 2.24) is 15.5 Å². The number of hydrogen-bond donors (Lipinski definition) is 4. The molecule has 2 aromatic carbocycles. The van der Waals surface area contributed by atoms with E-state index in [1.165, 1.54) is 23.1 Å². The Morgan fingerprint density at radius 1 is 0.800 bits per heavy atom. The van der Waals surface area contributed by atoms with Crippen LogP contribution in [-0.2, 0) is 57.1 Å². The molecule has 4 amide bonds. The van der Waals surface area contributed by atoms with Gasteiger partial charge >= 0.3 is 0 Å². The van der Waals surface area contributed by atoms with E-state index in [2.05, 4.69) is 64.0 Å². The van der Waals surface area contributed by atoms with Crippen molar-refractivity contribution in [2.75, 3.05) is 136 Å². The number of rotatable bonds is 32. The van der Waals surface area contributed by atoms with Gasteiger partial charge in [-0.25, -0.2) is 0 Å². The molecule has 19 nitrogen and oxygen atoms in total. The molecule has 1 spiro atoms. The monoisotopic (exact) mass is 1110 g/mol. The Balaban J connectivity index is 0.534. The lowest BCUT2D eigenvalue weighted by Crippen LogP contribution is -2.64. The number of ether oxygens (including phenoxy) is 8. The zero-order valence-corrected chi connectivity index (χ0v) is 46.7. The summed E-state index contributed by atoms with van der Waals surface area (Å²) in [6.45, 7) is 10.1.